The normalized spacial score (nSPS) is 14.6. The van der Waals surface area contributed by atoms with Crippen molar-refractivity contribution >= 4 is 17.2 Å². The summed E-state index contributed by atoms with van der Waals surface area (Å²) in [6, 6.07) is 2.12. The third kappa shape index (κ3) is 3.18. The second kappa shape index (κ2) is 6.02. The number of hydrogen-bond donors (Lipinski definition) is 0. The fourth-order valence-electron chi connectivity index (χ4n) is 2.86. The van der Waals surface area contributed by atoms with Gasteiger partial charge in [0.05, 0.1) is 11.1 Å². The average Bonchev–Trinajstić information content (AvgIpc) is 2.99. The monoisotopic (exact) mass is 303 g/mol. The Bertz CT molecular complexity index is 620. The quantitative estimate of drug-likeness (QED) is 0.818. The van der Waals surface area contributed by atoms with Crippen molar-refractivity contribution in [2.75, 3.05) is 7.05 Å². The van der Waals surface area contributed by atoms with E-state index in [9.17, 15) is 4.79 Å². The van der Waals surface area contributed by atoms with E-state index in [1.165, 1.54) is 29.7 Å². The Morgan fingerprint density at radius 2 is 2.19 bits per heavy atom. The molecule has 0 spiro atoms. The van der Waals surface area contributed by atoms with Gasteiger partial charge in [-0.1, -0.05) is 6.42 Å². The Kier molecular flexibility index (Phi) is 4.10. The van der Waals surface area contributed by atoms with Crippen LogP contribution in [0.3, 0.4) is 0 Å². The summed E-state index contributed by atoms with van der Waals surface area (Å²) in [6.45, 7) is 0.606. The summed E-state index contributed by atoms with van der Waals surface area (Å²) < 4.78 is 1.76. The van der Waals surface area contributed by atoms with Gasteiger partial charge in [0.2, 0.25) is 0 Å². The number of nitrogens with zero attached hydrogens (tertiary/aromatic N) is 3. The van der Waals surface area contributed by atoms with Gasteiger partial charge in [-0.15, -0.1) is 11.3 Å². The molecule has 0 bridgehead atoms. The molecule has 0 saturated carbocycles. The van der Waals surface area contributed by atoms with Crippen LogP contribution in [0, 0.1) is 0 Å². The zero-order valence-corrected chi connectivity index (χ0v) is 13.4. The Labute approximate surface area is 129 Å². The second-order valence-electron chi connectivity index (χ2n) is 5.80. The van der Waals surface area contributed by atoms with E-state index in [2.05, 4.69) is 11.2 Å². The highest BCUT2D eigenvalue weighted by Gasteiger charge is 2.19. The van der Waals surface area contributed by atoms with E-state index in [1.54, 1.807) is 20.9 Å². The molecule has 0 N–H and O–H groups in total. The van der Waals surface area contributed by atoms with Gasteiger partial charge in [-0.05, 0) is 37.3 Å². The first-order valence-electron chi connectivity index (χ1n) is 7.48. The Hall–Kier alpha value is -1.62. The molecular formula is C16H21N3OS. The number of aromatic nitrogens is 2. The van der Waals surface area contributed by atoms with Crippen LogP contribution in [0.4, 0.5) is 0 Å². The fourth-order valence-corrected chi connectivity index (χ4v) is 4.11. The highest BCUT2D eigenvalue weighted by atomic mass is 32.1. The van der Waals surface area contributed by atoms with Gasteiger partial charge in [-0.2, -0.15) is 5.10 Å². The molecule has 2 heterocycles. The summed E-state index contributed by atoms with van der Waals surface area (Å²) in [7, 11) is 3.75. The molecule has 4 nitrogen and oxygen atoms in total. The molecule has 0 saturated heterocycles. The van der Waals surface area contributed by atoms with Crippen LogP contribution in [-0.4, -0.2) is 27.6 Å². The summed E-state index contributed by atoms with van der Waals surface area (Å²) >= 11 is 1.69. The molecule has 112 valence electrons. The van der Waals surface area contributed by atoms with Crippen LogP contribution in [0.5, 0.6) is 0 Å². The van der Waals surface area contributed by atoms with E-state index >= 15 is 0 Å². The molecule has 2 aromatic rings. The molecule has 1 amide bonds. The molecule has 0 unspecified atom stereocenters. The maximum atomic E-state index is 12.6. The number of thiophene rings is 1. The van der Waals surface area contributed by atoms with E-state index in [0.717, 1.165) is 23.3 Å². The first kappa shape index (κ1) is 14.3. The van der Waals surface area contributed by atoms with Crippen molar-refractivity contribution in [1.29, 1.82) is 0 Å². The highest BCUT2D eigenvalue weighted by Crippen LogP contribution is 2.29. The summed E-state index contributed by atoms with van der Waals surface area (Å²) in [5, 5.41) is 4.15. The van der Waals surface area contributed by atoms with E-state index in [1.807, 2.05) is 26.5 Å². The van der Waals surface area contributed by atoms with Crippen LogP contribution in [0.15, 0.2) is 18.5 Å². The van der Waals surface area contributed by atoms with Crippen LogP contribution in [-0.2, 0) is 26.4 Å². The van der Waals surface area contributed by atoms with Gasteiger partial charge in [0.15, 0.2) is 0 Å². The summed E-state index contributed by atoms with van der Waals surface area (Å²) in [5.41, 5.74) is 2.46. The summed E-state index contributed by atoms with van der Waals surface area (Å²) in [5.74, 6) is 0.122. The minimum absolute atomic E-state index is 0.122. The van der Waals surface area contributed by atoms with Crippen LogP contribution >= 0.6 is 11.3 Å². The largest absolute Gasteiger partial charge is 0.337 e. The lowest BCUT2D eigenvalue weighted by molar-refractivity contribution is 0.0790. The molecule has 5 heteroatoms. The number of amides is 1. The van der Waals surface area contributed by atoms with Gasteiger partial charge in [-0.25, -0.2) is 0 Å². The Morgan fingerprint density at radius 1 is 1.38 bits per heavy atom. The number of aryl methyl sites for hydroxylation is 3. The van der Waals surface area contributed by atoms with Crippen molar-refractivity contribution < 1.29 is 4.79 Å². The van der Waals surface area contributed by atoms with Crippen LogP contribution < -0.4 is 0 Å². The van der Waals surface area contributed by atoms with Crippen molar-refractivity contribution in [1.82, 2.24) is 14.7 Å². The van der Waals surface area contributed by atoms with Crippen molar-refractivity contribution in [3.8, 4) is 0 Å². The van der Waals surface area contributed by atoms with E-state index in [0.29, 0.717) is 6.54 Å². The molecule has 21 heavy (non-hydrogen) atoms. The van der Waals surface area contributed by atoms with Crippen molar-refractivity contribution in [3.63, 3.8) is 0 Å². The van der Waals surface area contributed by atoms with Gasteiger partial charge in [0, 0.05) is 37.3 Å². The van der Waals surface area contributed by atoms with Crippen molar-refractivity contribution in [2.45, 2.75) is 38.6 Å². The van der Waals surface area contributed by atoms with E-state index in [-0.39, 0.29) is 5.91 Å². The van der Waals surface area contributed by atoms with Crippen LogP contribution in [0.1, 0.15) is 44.9 Å². The number of fused-ring (bicyclic) bond motifs is 1. The standard InChI is InChI=1S/C16H21N3OS/c1-18(10-12-9-17-19(2)11-12)16(20)15-8-13-6-4-3-5-7-14(13)21-15/h8-9,11H,3-7,10H2,1-2H3. The minimum atomic E-state index is 0.122. The van der Waals surface area contributed by atoms with Gasteiger partial charge in [0.1, 0.15) is 0 Å². The smallest absolute Gasteiger partial charge is 0.263 e. The lowest BCUT2D eigenvalue weighted by Crippen LogP contribution is -2.25. The van der Waals surface area contributed by atoms with Gasteiger partial charge in [0.25, 0.3) is 5.91 Å². The Balaban J connectivity index is 1.72. The fraction of sp³-hybridized carbons (Fsp3) is 0.500. The molecule has 0 aliphatic heterocycles. The molecule has 0 fully saturated rings. The van der Waals surface area contributed by atoms with Gasteiger partial charge < -0.3 is 4.90 Å². The first-order chi connectivity index (χ1) is 10.1. The summed E-state index contributed by atoms with van der Waals surface area (Å²) in [6.07, 6.45) is 9.85. The summed E-state index contributed by atoms with van der Waals surface area (Å²) in [4.78, 5) is 16.7. The zero-order chi connectivity index (χ0) is 14.8. The zero-order valence-electron chi connectivity index (χ0n) is 12.6. The second-order valence-corrected chi connectivity index (χ2v) is 6.94. The topological polar surface area (TPSA) is 38.1 Å². The van der Waals surface area contributed by atoms with Gasteiger partial charge in [-0.3, -0.25) is 9.48 Å². The number of carbonyl (C=O) groups excluding carboxylic acids is 1. The predicted octanol–water partition coefficient (Wildman–Crippen LogP) is 3.02. The predicted molar refractivity (Wildman–Crippen MR) is 84.6 cm³/mol. The maximum Gasteiger partial charge on any atom is 0.263 e. The molecule has 3 rings (SSSR count). The number of rotatable bonds is 3. The van der Waals surface area contributed by atoms with E-state index in [4.69, 9.17) is 0 Å². The molecule has 0 atom stereocenters. The van der Waals surface area contributed by atoms with Crippen LogP contribution in [0.2, 0.25) is 0 Å². The number of carbonyl (C=O) groups is 1. The molecule has 1 aliphatic carbocycles. The minimum Gasteiger partial charge on any atom is -0.337 e. The SMILES string of the molecule is CN(Cc1cnn(C)c1)C(=O)c1cc2c(s1)CCCCC2. The van der Waals surface area contributed by atoms with Gasteiger partial charge >= 0.3 is 0 Å². The van der Waals surface area contributed by atoms with Crippen molar-refractivity contribution in [2.24, 2.45) is 7.05 Å². The molecular weight excluding hydrogens is 282 g/mol. The molecule has 0 aromatic carbocycles. The number of hydrogen-bond acceptors (Lipinski definition) is 3. The molecule has 0 radical (unpaired) electrons. The molecule has 2 aromatic heterocycles. The van der Waals surface area contributed by atoms with Crippen molar-refractivity contribution in [3.05, 3.63) is 39.3 Å². The lowest BCUT2D eigenvalue weighted by atomic mass is 10.1. The lowest BCUT2D eigenvalue weighted by Gasteiger charge is -2.14. The maximum absolute atomic E-state index is 12.6. The van der Waals surface area contributed by atoms with Crippen LogP contribution in [0.25, 0.3) is 0 Å². The third-order valence-corrected chi connectivity index (χ3v) is 5.21. The third-order valence-electron chi connectivity index (χ3n) is 3.98. The molecule has 1 aliphatic rings. The first-order valence-corrected chi connectivity index (χ1v) is 8.29. The Morgan fingerprint density at radius 3 is 2.95 bits per heavy atom. The van der Waals surface area contributed by atoms with E-state index < -0.39 is 0 Å². The highest BCUT2D eigenvalue weighted by molar-refractivity contribution is 7.14. The average molecular weight is 303 g/mol.